The zero-order valence-electron chi connectivity index (χ0n) is 13.4. The molecule has 2 aliphatic rings. The fraction of sp³-hybridized carbons (Fsp3) is 0.938. The molecule has 3 heteroatoms. The van der Waals surface area contributed by atoms with Gasteiger partial charge in [-0.05, 0) is 50.7 Å². The lowest BCUT2D eigenvalue weighted by atomic mass is 9.71. The van der Waals surface area contributed by atoms with E-state index < -0.39 is 0 Å². The summed E-state index contributed by atoms with van der Waals surface area (Å²) in [6.45, 7) is 13.9. The van der Waals surface area contributed by atoms with Gasteiger partial charge < -0.3 is 9.80 Å². The van der Waals surface area contributed by atoms with Crippen LogP contribution in [0, 0.1) is 5.41 Å². The molecule has 2 rings (SSSR count). The van der Waals surface area contributed by atoms with E-state index in [4.69, 9.17) is 0 Å². The van der Waals surface area contributed by atoms with Gasteiger partial charge in [0.15, 0.2) is 0 Å². The fourth-order valence-electron chi connectivity index (χ4n) is 3.30. The van der Waals surface area contributed by atoms with Gasteiger partial charge >= 0.3 is 0 Å². The summed E-state index contributed by atoms with van der Waals surface area (Å²) in [6, 6.07) is 0. The molecule has 0 N–H and O–H groups in total. The average molecular weight is 268 g/mol. The van der Waals surface area contributed by atoms with Crippen LogP contribution in [0.25, 0.3) is 0 Å². The van der Waals surface area contributed by atoms with E-state index in [2.05, 4.69) is 16.7 Å². The van der Waals surface area contributed by atoms with Crippen molar-refractivity contribution in [3.05, 3.63) is 0 Å². The Morgan fingerprint density at radius 3 is 1.84 bits per heavy atom. The minimum atomic E-state index is 0.339. The number of piperidine rings is 2. The van der Waals surface area contributed by atoms with Crippen molar-refractivity contribution < 1.29 is 4.79 Å². The Morgan fingerprint density at radius 2 is 1.42 bits per heavy atom. The summed E-state index contributed by atoms with van der Waals surface area (Å²) < 4.78 is 0. The first-order valence-corrected chi connectivity index (χ1v) is 8.19. The third-order valence-corrected chi connectivity index (χ3v) is 4.84. The van der Waals surface area contributed by atoms with Crippen molar-refractivity contribution in [3.8, 4) is 0 Å². The molecule has 2 aliphatic heterocycles. The lowest BCUT2D eigenvalue weighted by molar-refractivity contribution is -0.133. The van der Waals surface area contributed by atoms with Gasteiger partial charge in [0.05, 0.1) is 0 Å². The molecule has 112 valence electrons. The number of hydrogen-bond acceptors (Lipinski definition) is 2. The Bertz CT molecular complexity index is 260. The number of likely N-dealkylation sites (tertiary alicyclic amines) is 2. The first-order chi connectivity index (χ1) is 9.19. The zero-order valence-corrected chi connectivity index (χ0v) is 13.4. The highest BCUT2D eigenvalue weighted by molar-refractivity contribution is 5.75. The minimum Gasteiger partial charge on any atom is -0.343 e. The molecule has 0 aromatic carbocycles. The van der Waals surface area contributed by atoms with Gasteiger partial charge in [-0.2, -0.15) is 0 Å². The van der Waals surface area contributed by atoms with Gasteiger partial charge in [-0.15, -0.1) is 0 Å². The third kappa shape index (κ3) is 4.20. The van der Waals surface area contributed by atoms with E-state index in [1.807, 2.05) is 20.8 Å². The van der Waals surface area contributed by atoms with E-state index in [0.29, 0.717) is 17.7 Å². The predicted octanol–water partition coefficient (Wildman–Crippen LogP) is 3.15. The van der Waals surface area contributed by atoms with E-state index in [1.165, 1.54) is 45.3 Å². The van der Waals surface area contributed by atoms with E-state index in [-0.39, 0.29) is 0 Å². The second kappa shape index (κ2) is 7.88. The Hall–Kier alpha value is -0.570. The van der Waals surface area contributed by atoms with E-state index >= 15 is 0 Å². The molecule has 1 amide bonds. The molecule has 0 radical (unpaired) electrons. The predicted molar refractivity (Wildman–Crippen MR) is 81.2 cm³/mol. The SMILES string of the molecule is CC.CCC(=O)N1CCC2(CCN(CC)CC2)CC1. The van der Waals surface area contributed by atoms with Crippen LogP contribution in [0.2, 0.25) is 0 Å². The summed E-state index contributed by atoms with van der Waals surface area (Å²) in [4.78, 5) is 16.3. The van der Waals surface area contributed by atoms with Crippen LogP contribution in [-0.4, -0.2) is 48.4 Å². The Labute approximate surface area is 119 Å². The molecule has 0 aliphatic carbocycles. The molecule has 0 atom stereocenters. The number of carbonyl (C=O) groups is 1. The number of rotatable bonds is 2. The van der Waals surface area contributed by atoms with Crippen LogP contribution in [0.15, 0.2) is 0 Å². The second-order valence-electron chi connectivity index (χ2n) is 5.67. The van der Waals surface area contributed by atoms with Crippen molar-refractivity contribution in [1.29, 1.82) is 0 Å². The van der Waals surface area contributed by atoms with Crippen molar-refractivity contribution >= 4 is 5.91 Å². The Balaban J connectivity index is 0.000000861. The molecule has 0 saturated carbocycles. The first-order valence-electron chi connectivity index (χ1n) is 8.19. The molecule has 0 unspecified atom stereocenters. The van der Waals surface area contributed by atoms with Crippen molar-refractivity contribution in [2.24, 2.45) is 5.41 Å². The smallest absolute Gasteiger partial charge is 0.222 e. The van der Waals surface area contributed by atoms with Crippen LogP contribution >= 0.6 is 0 Å². The summed E-state index contributed by atoms with van der Waals surface area (Å²) in [5.41, 5.74) is 0.566. The van der Waals surface area contributed by atoms with Gasteiger partial charge in [-0.25, -0.2) is 0 Å². The molecule has 0 aromatic heterocycles. The maximum atomic E-state index is 11.7. The molecule has 2 saturated heterocycles. The highest BCUT2D eigenvalue weighted by Crippen LogP contribution is 2.41. The van der Waals surface area contributed by atoms with Gasteiger partial charge in [0.25, 0.3) is 0 Å². The van der Waals surface area contributed by atoms with Crippen LogP contribution in [0.1, 0.15) is 59.8 Å². The average Bonchev–Trinajstić information content (AvgIpc) is 2.50. The molecule has 0 aromatic rings. The number of hydrogen-bond donors (Lipinski definition) is 0. The van der Waals surface area contributed by atoms with Gasteiger partial charge in [-0.3, -0.25) is 4.79 Å². The molecule has 0 bridgehead atoms. The standard InChI is InChI=1S/C14H26N2O.C2H6/c1-3-13(17)16-11-7-14(8-12-16)5-9-15(4-2)10-6-14;1-2/h3-12H2,1-2H3;1-2H3. The van der Waals surface area contributed by atoms with Crippen LogP contribution < -0.4 is 0 Å². The lowest BCUT2D eigenvalue weighted by Crippen LogP contribution is -2.48. The van der Waals surface area contributed by atoms with Gasteiger partial charge in [-0.1, -0.05) is 27.7 Å². The monoisotopic (exact) mass is 268 g/mol. The zero-order chi connectivity index (χ0) is 14.3. The van der Waals surface area contributed by atoms with Gasteiger partial charge in [0.1, 0.15) is 0 Å². The summed E-state index contributed by atoms with van der Waals surface area (Å²) >= 11 is 0. The molecular formula is C16H32N2O. The van der Waals surface area contributed by atoms with Crippen LogP contribution in [0.4, 0.5) is 0 Å². The van der Waals surface area contributed by atoms with Crippen molar-refractivity contribution in [2.75, 3.05) is 32.7 Å². The maximum Gasteiger partial charge on any atom is 0.222 e. The number of nitrogens with zero attached hydrogens (tertiary/aromatic N) is 2. The van der Waals surface area contributed by atoms with E-state index in [1.54, 1.807) is 0 Å². The molecular weight excluding hydrogens is 236 g/mol. The van der Waals surface area contributed by atoms with Crippen LogP contribution in [-0.2, 0) is 4.79 Å². The summed E-state index contributed by atoms with van der Waals surface area (Å²) in [6.07, 6.45) is 5.81. The summed E-state index contributed by atoms with van der Waals surface area (Å²) in [7, 11) is 0. The molecule has 1 spiro atoms. The Kier molecular flexibility index (Phi) is 6.84. The van der Waals surface area contributed by atoms with Gasteiger partial charge in [0, 0.05) is 19.5 Å². The van der Waals surface area contributed by atoms with Crippen LogP contribution in [0.5, 0.6) is 0 Å². The normalized spacial score (nSPS) is 22.8. The lowest BCUT2D eigenvalue weighted by Gasteiger charge is -2.46. The van der Waals surface area contributed by atoms with E-state index in [9.17, 15) is 4.79 Å². The van der Waals surface area contributed by atoms with Crippen molar-refractivity contribution in [1.82, 2.24) is 9.80 Å². The Morgan fingerprint density at radius 1 is 0.947 bits per heavy atom. The number of amides is 1. The highest BCUT2D eigenvalue weighted by Gasteiger charge is 2.37. The second-order valence-corrected chi connectivity index (χ2v) is 5.67. The maximum absolute atomic E-state index is 11.7. The topological polar surface area (TPSA) is 23.6 Å². The quantitative estimate of drug-likeness (QED) is 0.768. The van der Waals surface area contributed by atoms with Crippen LogP contribution in [0.3, 0.4) is 0 Å². The van der Waals surface area contributed by atoms with Gasteiger partial charge in [0.2, 0.25) is 5.91 Å². The minimum absolute atomic E-state index is 0.339. The first kappa shape index (κ1) is 16.5. The largest absolute Gasteiger partial charge is 0.343 e. The summed E-state index contributed by atoms with van der Waals surface area (Å²) in [5, 5.41) is 0. The summed E-state index contributed by atoms with van der Waals surface area (Å²) in [5.74, 6) is 0.339. The molecule has 19 heavy (non-hydrogen) atoms. The number of carbonyl (C=O) groups excluding carboxylic acids is 1. The third-order valence-electron chi connectivity index (χ3n) is 4.84. The molecule has 3 nitrogen and oxygen atoms in total. The molecule has 2 heterocycles. The van der Waals surface area contributed by atoms with E-state index in [0.717, 1.165) is 13.1 Å². The molecule has 2 fully saturated rings. The van der Waals surface area contributed by atoms with Crippen molar-refractivity contribution in [3.63, 3.8) is 0 Å². The fourth-order valence-corrected chi connectivity index (χ4v) is 3.30. The van der Waals surface area contributed by atoms with Crippen molar-refractivity contribution in [2.45, 2.75) is 59.8 Å². The highest BCUT2D eigenvalue weighted by atomic mass is 16.2.